The molecule has 0 aromatic carbocycles. The second-order valence-electron chi connectivity index (χ2n) is 5.36. The van der Waals surface area contributed by atoms with E-state index in [9.17, 15) is 0 Å². The molecule has 2 fully saturated rings. The zero-order valence-corrected chi connectivity index (χ0v) is 10.8. The van der Waals surface area contributed by atoms with Crippen LogP contribution in [-0.4, -0.2) is 16.9 Å². The fourth-order valence-corrected chi connectivity index (χ4v) is 3.37. The van der Waals surface area contributed by atoms with Crippen LogP contribution >= 0.6 is 12.2 Å². The molecule has 3 nitrogen and oxygen atoms in total. The van der Waals surface area contributed by atoms with Crippen LogP contribution in [0.1, 0.15) is 38.5 Å². The van der Waals surface area contributed by atoms with E-state index in [0.717, 1.165) is 18.8 Å². The maximum atomic E-state index is 5.29. The fraction of sp³-hybridized carbons (Fsp3) is 0.692. The van der Waals surface area contributed by atoms with E-state index in [2.05, 4.69) is 28.0 Å². The number of nitrogens with zero attached hydrogens (tertiary/aromatic N) is 1. The summed E-state index contributed by atoms with van der Waals surface area (Å²) >= 11 is 5.29. The van der Waals surface area contributed by atoms with Crippen molar-refractivity contribution in [3.05, 3.63) is 12.2 Å². The van der Waals surface area contributed by atoms with Crippen molar-refractivity contribution < 1.29 is 0 Å². The summed E-state index contributed by atoms with van der Waals surface area (Å²) in [5.74, 6) is 1.46. The molecule has 92 valence electrons. The van der Waals surface area contributed by atoms with Crippen LogP contribution in [0, 0.1) is 11.8 Å². The lowest BCUT2D eigenvalue weighted by Gasteiger charge is -2.20. The molecule has 3 atom stereocenters. The SMILES string of the molecule is S=C(NN=C1CCCC1)N[C@H]1C[C@H]2C=C[C@@H]1C2. The second-order valence-corrected chi connectivity index (χ2v) is 5.77. The first kappa shape index (κ1) is 11.2. The Morgan fingerprint density at radius 3 is 2.71 bits per heavy atom. The molecular weight excluding hydrogens is 230 g/mol. The Morgan fingerprint density at radius 2 is 2.06 bits per heavy atom. The van der Waals surface area contributed by atoms with E-state index in [1.165, 1.54) is 31.4 Å². The maximum absolute atomic E-state index is 5.29. The summed E-state index contributed by atoms with van der Waals surface area (Å²) in [4.78, 5) is 0. The van der Waals surface area contributed by atoms with E-state index in [1.54, 1.807) is 0 Å². The smallest absolute Gasteiger partial charge is 0.187 e. The van der Waals surface area contributed by atoms with E-state index >= 15 is 0 Å². The highest BCUT2D eigenvalue weighted by Crippen LogP contribution is 2.38. The van der Waals surface area contributed by atoms with Gasteiger partial charge in [-0.15, -0.1) is 0 Å². The topological polar surface area (TPSA) is 36.4 Å². The Balaban J connectivity index is 1.47. The summed E-state index contributed by atoms with van der Waals surface area (Å²) in [5, 5.41) is 8.46. The van der Waals surface area contributed by atoms with Gasteiger partial charge in [-0.2, -0.15) is 5.10 Å². The van der Waals surface area contributed by atoms with E-state index in [0.29, 0.717) is 17.1 Å². The van der Waals surface area contributed by atoms with E-state index in [-0.39, 0.29) is 0 Å². The van der Waals surface area contributed by atoms with Crippen LogP contribution in [0.3, 0.4) is 0 Å². The van der Waals surface area contributed by atoms with Gasteiger partial charge >= 0.3 is 0 Å². The molecule has 0 saturated heterocycles. The van der Waals surface area contributed by atoms with Gasteiger partial charge in [0.25, 0.3) is 0 Å². The van der Waals surface area contributed by atoms with Gasteiger partial charge in [0.15, 0.2) is 5.11 Å². The van der Waals surface area contributed by atoms with Crippen molar-refractivity contribution in [2.75, 3.05) is 0 Å². The van der Waals surface area contributed by atoms with Crippen molar-refractivity contribution in [1.29, 1.82) is 0 Å². The van der Waals surface area contributed by atoms with Gasteiger partial charge in [-0.1, -0.05) is 12.2 Å². The van der Waals surface area contributed by atoms with Crippen LogP contribution in [0.2, 0.25) is 0 Å². The molecule has 0 aliphatic heterocycles. The molecule has 0 radical (unpaired) electrons. The monoisotopic (exact) mass is 249 g/mol. The minimum absolute atomic E-state index is 0.522. The largest absolute Gasteiger partial charge is 0.358 e. The van der Waals surface area contributed by atoms with Crippen LogP contribution in [0.5, 0.6) is 0 Å². The zero-order chi connectivity index (χ0) is 11.7. The highest BCUT2D eigenvalue weighted by molar-refractivity contribution is 7.80. The van der Waals surface area contributed by atoms with E-state index in [1.807, 2.05) is 0 Å². The quantitative estimate of drug-likeness (QED) is 0.448. The summed E-state index contributed by atoms with van der Waals surface area (Å²) in [7, 11) is 0. The number of nitrogens with one attached hydrogen (secondary N) is 2. The minimum Gasteiger partial charge on any atom is -0.358 e. The first-order valence-corrected chi connectivity index (χ1v) is 7.02. The van der Waals surface area contributed by atoms with Gasteiger partial charge < -0.3 is 5.32 Å². The molecule has 0 aromatic rings. The molecule has 0 aromatic heterocycles. The second kappa shape index (κ2) is 4.77. The Labute approximate surface area is 108 Å². The first-order valence-electron chi connectivity index (χ1n) is 6.61. The number of rotatable bonds is 2. The molecule has 4 heteroatoms. The molecule has 17 heavy (non-hydrogen) atoms. The molecule has 2 saturated carbocycles. The van der Waals surface area contributed by atoms with Crippen LogP contribution in [0.15, 0.2) is 17.3 Å². The molecule has 0 amide bonds. The highest BCUT2D eigenvalue weighted by Gasteiger charge is 2.35. The van der Waals surface area contributed by atoms with Crippen LogP contribution in [-0.2, 0) is 0 Å². The van der Waals surface area contributed by atoms with Crippen molar-refractivity contribution in [1.82, 2.24) is 10.7 Å². The van der Waals surface area contributed by atoms with Crippen molar-refractivity contribution in [3.8, 4) is 0 Å². The lowest BCUT2D eigenvalue weighted by atomic mass is 10.0. The maximum Gasteiger partial charge on any atom is 0.187 e. The molecule has 3 aliphatic carbocycles. The van der Waals surface area contributed by atoms with E-state index in [4.69, 9.17) is 12.2 Å². The van der Waals surface area contributed by atoms with E-state index < -0.39 is 0 Å². The Bertz CT molecular complexity index is 367. The third-order valence-corrected chi connectivity index (χ3v) is 4.30. The van der Waals surface area contributed by atoms with Gasteiger partial charge in [-0.25, -0.2) is 0 Å². The number of allylic oxidation sites excluding steroid dienone is 1. The summed E-state index contributed by atoms with van der Waals surface area (Å²) in [6.07, 6.45) is 12.0. The third kappa shape index (κ3) is 2.51. The number of hydrazone groups is 1. The fourth-order valence-electron chi connectivity index (χ4n) is 3.17. The highest BCUT2D eigenvalue weighted by atomic mass is 32.1. The van der Waals surface area contributed by atoms with Gasteiger partial charge in [0.05, 0.1) is 0 Å². The van der Waals surface area contributed by atoms with Gasteiger partial charge in [0.2, 0.25) is 0 Å². The first-order chi connectivity index (χ1) is 8.31. The van der Waals surface area contributed by atoms with Crippen LogP contribution in [0.25, 0.3) is 0 Å². The predicted octanol–water partition coefficient (Wildman–Crippen LogP) is 2.35. The molecule has 0 unspecified atom stereocenters. The number of hydrogen-bond donors (Lipinski definition) is 2. The predicted molar refractivity (Wildman–Crippen MR) is 73.9 cm³/mol. The van der Waals surface area contributed by atoms with Crippen molar-refractivity contribution in [3.63, 3.8) is 0 Å². The Hall–Kier alpha value is -0.900. The standard InChI is InChI=1S/C13H19N3S/c17-13(16-15-11-3-1-2-4-11)14-12-8-9-5-6-10(12)7-9/h5-6,9-10,12H,1-4,7-8H2,(H2,14,16,17)/t9-,10+,12-/m0/s1. The summed E-state index contributed by atoms with van der Waals surface area (Å²) in [6, 6.07) is 0.522. The van der Waals surface area contributed by atoms with Crippen molar-refractivity contribution in [2.45, 2.75) is 44.6 Å². The van der Waals surface area contributed by atoms with Crippen molar-refractivity contribution in [2.24, 2.45) is 16.9 Å². The number of fused-ring (bicyclic) bond motifs is 2. The average Bonchev–Trinajstić information content (AvgIpc) is 3.03. The summed E-state index contributed by atoms with van der Waals surface area (Å²) < 4.78 is 0. The molecule has 3 rings (SSSR count). The van der Waals surface area contributed by atoms with Crippen molar-refractivity contribution >= 4 is 23.0 Å². The lowest BCUT2D eigenvalue weighted by Crippen LogP contribution is -2.42. The van der Waals surface area contributed by atoms with Crippen LogP contribution < -0.4 is 10.7 Å². The van der Waals surface area contributed by atoms with Gasteiger partial charge in [-0.3, -0.25) is 5.43 Å². The molecule has 2 bridgehead atoms. The lowest BCUT2D eigenvalue weighted by molar-refractivity contribution is 0.520. The van der Waals surface area contributed by atoms with Crippen LogP contribution in [0.4, 0.5) is 0 Å². The Morgan fingerprint density at radius 1 is 1.24 bits per heavy atom. The minimum atomic E-state index is 0.522. The van der Waals surface area contributed by atoms with Gasteiger partial charge in [0.1, 0.15) is 0 Å². The van der Waals surface area contributed by atoms with Gasteiger partial charge in [-0.05, 0) is 62.6 Å². The molecule has 2 N–H and O–H groups in total. The number of thiocarbonyl (C=S) groups is 1. The summed E-state index contributed by atoms with van der Waals surface area (Å²) in [6.45, 7) is 0. The normalized spacial score (nSPS) is 34.1. The summed E-state index contributed by atoms with van der Waals surface area (Å²) in [5.41, 5.74) is 4.26. The molecular formula is C13H19N3S. The van der Waals surface area contributed by atoms with Gasteiger partial charge in [0, 0.05) is 11.8 Å². The molecule has 3 aliphatic rings. The third-order valence-electron chi connectivity index (χ3n) is 4.09. The molecule has 0 heterocycles. The average molecular weight is 249 g/mol. The number of hydrogen-bond acceptors (Lipinski definition) is 2. The Kier molecular flexibility index (Phi) is 3.14. The molecule has 0 spiro atoms. The zero-order valence-electron chi connectivity index (χ0n) is 9.98.